The molecule has 2 unspecified atom stereocenters. The smallest absolute Gasteiger partial charge is 0.339 e. The Hall–Kier alpha value is -7.31. The molecule has 40 heteroatoms. The van der Waals surface area contributed by atoms with E-state index in [-0.39, 0.29) is 27.8 Å². The van der Waals surface area contributed by atoms with Gasteiger partial charge < -0.3 is 105 Å². The van der Waals surface area contributed by atoms with Gasteiger partial charge in [0.25, 0.3) is 5.92 Å². The van der Waals surface area contributed by atoms with Gasteiger partial charge >= 0.3 is 47.7 Å². The van der Waals surface area contributed by atoms with Crippen molar-refractivity contribution in [3.8, 4) is 34.5 Å². The van der Waals surface area contributed by atoms with E-state index in [0.29, 0.717) is 52.9 Å². The Morgan fingerprint density at radius 2 is 0.983 bits per heavy atom. The number of hydrogen-bond acceptors (Lipinski definition) is 23. The van der Waals surface area contributed by atoms with Crippen LogP contribution in [0.25, 0.3) is 0 Å². The van der Waals surface area contributed by atoms with Gasteiger partial charge in [-0.25, -0.2) is 24.0 Å². The molecule has 2 atom stereocenters. The molecular formula is C80H71F6I7O27-8. The van der Waals surface area contributed by atoms with Crippen molar-refractivity contribution >= 4 is 218 Å². The number of alkyl halides is 6. The average molecular weight is 2470 g/mol. The number of aryl methyl sites for hydroxylation is 1. The molecule has 27 nitrogen and oxygen atoms in total. The summed E-state index contributed by atoms with van der Waals surface area (Å²) in [6.07, 6.45) is 2.24. The number of aliphatic carboxylic acids is 3. The first-order chi connectivity index (χ1) is 55.6. The van der Waals surface area contributed by atoms with E-state index in [4.69, 9.17) is 39.7 Å². The summed E-state index contributed by atoms with van der Waals surface area (Å²) in [7, 11) is 0. The number of esters is 2. The number of aromatic hydroxyl groups is 1. The van der Waals surface area contributed by atoms with Crippen molar-refractivity contribution in [3.63, 3.8) is 0 Å². The van der Waals surface area contributed by atoms with Gasteiger partial charge in [0.1, 0.15) is 47.7 Å². The Bertz CT molecular complexity index is 4780. The van der Waals surface area contributed by atoms with Gasteiger partial charge in [-0.3, -0.25) is 4.79 Å². The van der Waals surface area contributed by atoms with Gasteiger partial charge in [-0.05, 0) is 338 Å². The van der Waals surface area contributed by atoms with Crippen LogP contribution in [0.15, 0.2) is 127 Å². The number of aromatic carboxylic acids is 5. The summed E-state index contributed by atoms with van der Waals surface area (Å²) in [5.41, 5.74) is -0.488. The topological polar surface area (TPSA) is 504 Å². The van der Waals surface area contributed by atoms with Gasteiger partial charge in [0.15, 0.2) is 6.10 Å². The van der Waals surface area contributed by atoms with Gasteiger partial charge in [0.2, 0.25) is 0 Å². The molecule has 12 rings (SSSR count). The summed E-state index contributed by atoms with van der Waals surface area (Å²) >= 11 is 14.3. The van der Waals surface area contributed by atoms with Crippen LogP contribution in [0.3, 0.4) is 0 Å². The number of ether oxygens (including phenoxy) is 3. The molecule has 5 fully saturated rings. The van der Waals surface area contributed by atoms with Gasteiger partial charge in [-0.1, -0.05) is 97.0 Å². The van der Waals surface area contributed by atoms with Crippen LogP contribution < -0.4 is 45.6 Å². The van der Waals surface area contributed by atoms with Crippen LogP contribution in [0.1, 0.15) is 171 Å². The Kier molecular flexibility index (Phi) is 41.1. The van der Waals surface area contributed by atoms with Crippen LogP contribution in [0.2, 0.25) is 0 Å². The first kappa shape index (κ1) is 105. The minimum atomic E-state index is -4.26. The lowest BCUT2D eigenvalue weighted by Crippen LogP contribution is -2.61. The summed E-state index contributed by atoms with van der Waals surface area (Å²) in [6.45, 7) is 6.53. The maximum absolute atomic E-state index is 13.7. The highest BCUT2D eigenvalue weighted by Gasteiger charge is 2.60. The molecule has 7 aromatic rings. The van der Waals surface area contributed by atoms with Gasteiger partial charge in [0.05, 0.1) is 40.2 Å². The summed E-state index contributed by atoms with van der Waals surface area (Å²) in [4.78, 5) is 107. The van der Waals surface area contributed by atoms with E-state index in [0.717, 1.165) is 89.6 Å². The number of halogens is 13. The summed E-state index contributed by atoms with van der Waals surface area (Å²) in [5.74, 6) is -29.7. The van der Waals surface area contributed by atoms with E-state index in [1.165, 1.54) is 80.6 Å². The number of phenols is 1. The molecule has 5 saturated carbocycles. The lowest BCUT2D eigenvalue weighted by atomic mass is 9.47. The second-order valence-corrected chi connectivity index (χ2v) is 36.1. The molecule has 652 valence electrons. The van der Waals surface area contributed by atoms with Crippen LogP contribution in [-0.4, -0.2) is 126 Å². The number of para-hydroxylation sites is 1. The standard InChI is InChI=1S/C14H11IO4.C13H11F2I3O4.C13H18F2O3.C11H16F2O4.C8H8O3.C7H3I3O2.C7H6O4.C7H6O3/c15-10-3-1-9(2-4-10)8-19-11-5-6-12(14(17)18)13(16)7-11;1-5(2)10(13(14,15)12(20)21)22-11(19)7-3-6(16)4-8(17)9(7)18;14-13(15,11(17)18)10(16)12-4-7-1-8(5-12)3-9(2-7)6-12;1-10(5-2-3-6-10)17-8(14)4-7-11(12,13)9(15)16;1-5-2-3-6(8(10)11)7(9)4-5;8-3-1-4(7(11)12)6(10)5(9)2-3;8-4-2-1-3-5(9)6(4)7(10)11;8-6-4-2-1-3-5(6)7(9)10/h1-7,16H,8H2,(H,17,18);3-5,10H,1-2H3,(H,20,21);7-10,16H,1-6H2,(H,17,18);2-7H2,1H3,(H,15,16);2-4,9H,1H3,(H,10,11);1-2H,(H,11,12);1-3,8-9H,(H,10,11);1-4,8H,(H,9,10)/p-8. The van der Waals surface area contributed by atoms with E-state index in [9.17, 15) is 120 Å². The second kappa shape index (κ2) is 47.0. The minimum absolute atomic E-state index is 0.122. The molecule has 0 aromatic heterocycles. The number of aliphatic hydroxyl groups is 1. The Morgan fingerprint density at radius 1 is 0.525 bits per heavy atom. The van der Waals surface area contributed by atoms with E-state index < -0.39 is 154 Å². The molecular weight excluding hydrogens is 2400 g/mol. The van der Waals surface area contributed by atoms with Crippen molar-refractivity contribution in [1.82, 2.24) is 0 Å². The number of aliphatic hydroxyl groups excluding tert-OH is 1. The van der Waals surface area contributed by atoms with Crippen molar-refractivity contribution in [2.24, 2.45) is 29.1 Å². The minimum Gasteiger partial charge on any atom is -0.872 e. The number of hydrogen-bond donors (Lipinski definition) is 6. The predicted molar refractivity (Wildman–Crippen MR) is 458 cm³/mol. The lowest BCUT2D eigenvalue weighted by molar-refractivity contribution is -0.343. The van der Waals surface area contributed by atoms with E-state index in [1.54, 1.807) is 26.0 Å². The number of benzene rings is 7. The number of carboxylic acid groups (broad SMARTS) is 8. The van der Waals surface area contributed by atoms with Crippen molar-refractivity contribution in [3.05, 3.63) is 197 Å². The fourth-order valence-electron chi connectivity index (χ4n) is 13.0. The largest absolute Gasteiger partial charge is 0.872 e. The van der Waals surface area contributed by atoms with Gasteiger partial charge in [0, 0.05) is 42.4 Å². The molecule has 120 heavy (non-hydrogen) atoms. The summed E-state index contributed by atoms with van der Waals surface area (Å²) in [5, 5.41) is 138. The SMILES string of the molecule is CC(C)C(OC(=O)c1cc(I)cc(I)c1I)C(F)(F)C(=O)[O-].CC1(OC(=O)CCC(F)(F)C(=O)[O-])CCCC1.Cc1ccc(C(=O)O)c([O-])c1.O=C(O)c1c([O-])cccc1O.O=C(O)c1ccc(OCc2ccc(I)cc2)cc1[O-].O=C(O)c1ccccc1[O-].O=C([O-])C(F)(F)C(O)C12CC3CC(CC(C3)C1)C2.O=C([O-])c1cc(I)cc(I)c1I. The zero-order valence-corrected chi connectivity index (χ0v) is 78.1. The van der Waals surface area contributed by atoms with E-state index in [1.807, 2.05) is 127 Å². The number of rotatable bonds is 21. The highest BCUT2D eigenvalue weighted by Crippen LogP contribution is 2.63. The molecule has 5 aliphatic rings. The molecule has 0 amide bonds. The van der Waals surface area contributed by atoms with Crippen LogP contribution in [0, 0.1) is 61.0 Å². The van der Waals surface area contributed by atoms with Crippen molar-refractivity contribution in [1.29, 1.82) is 0 Å². The normalized spacial score (nSPS) is 16.8. The first-order valence-electron chi connectivity index (χ1n) is 35.1. The maximum atomic E-state index is 13.7. The fraction of sp³-hybridized carbons (Fsp3) is 0.350. The van der Waals surface area contributed by atoms with E-state index >= 15 is 0 Å². The molecule has 0 spiro atoms. The molecule has 0 saturated heterocycles. The second-order valence-electron chi connectivity index (χ2n) is 27.9. The molecule has 4 bridgehead atoms. The monoisotopic (exact) mass is 2470 g/mol. The zero-order valence-electron chi connectivity index (χ0n) is 63.0. The van der Waals surface area contributed by atoms with Gasteiger partial charge in [-0.15, -0.1) is 0 Å². The van der Waals surface area contributed by atoms with Crippen LogP contribution >= 0.6 is 158 Å². The van der Waals surface area contributed by atoms with Crippen LogP contribution in [0.5, 0.6) is 34.5 Å². The Labute approximate surface area is 777 Å². The molecule has 0 aliphatic heterocycles. The van der Waals surface area contributed by atoms with Crippen LogP contribution in [0.4, 0.5) is 26.3 Å². The lowest BCUT2D eigenvalue weighted by Gasteiger charge is -2.59. The predicted octanol–water partition coefficient (Wildman–Crippen LogP) is 10.9. The van der Waals surface area contributed by atoms with E-state index in [2.05, 4.69) is 67.8 Å². The molecule has 6 N–H and O–H groups in total. The third-order valence-corrected chi connectivity index (χ3v) is 26.4. The molecule has 7 aromatic carbocycles. The summed E-state index contributed by atoms with van der Waals surface area (Å²) in [6, 6.07) is 31.9. The maximum Gasteiger partial charge on any atom is 0.339 e. The quantitative estimate of drug-likeness (QED) is 0.0168. The average Bonchev–Trinajstić information content (AvgIpc) is 0.738. The van der Waals surface area contributed by atoms with Crippen molar-refractivity contribution in [2.75, 3.05) is 0 Å². The Morgan fingerprint density at radius 3 is 1.40 bits per heavy atom. The first-order valence-corrected chi connectivity index (χ1v) is 42.7. The van der Waals surface area contributed by atoms with Crippen LogP contribution in [-0.2, 0) is 35.3 Å². The zero-order chi connectivity index (χ0) is 91.0. The molecule has 0 heterocycles. The summed E-state index contributed by atoms with van der Waals surface area (Å²) < 4.78 is 101. The van der Waals surface area contributed by atoms with Crippen molar-refractivity contribution < 1.29 is 160 Å². The third kappa shape index (κ3) is 31.5. The van der Waals surface area contributed by atoms with Crippen molar-refractivity contribution in [2.45, 2.75) is 147 Å². The van der Waals surface area contributed by atoms with Gasteiger partial charge in [-0.2, -0.15) is 26.3 Å². The third-order valence-electron chi connectivity index (χ3n) is 18.3. The Balaban J connectivity index is 0.000000292. The highest BCUT2D eigenvalue weighted by atomic mass is 127. The molecule has 0 radical (unpaired) electrons. The highest BCUT2D eigenvalue weighted by molar-refractivity contribution is 14.1. The fourth-order valence-corrected chi connectivity index (χ4v) is 18.1. The molecule has 5 aliphatic carbocycles. The number of carbonyl (C=O) groups is 10. The number of carboxylic acids is 8. The number of carbonyl (C=O) groups excluding carboxylic acids is 6.